The number of anilines is 1. The van der Waals surface area contributed by atoms with Crippen LogP contribution in [0.4, 0.5) is 18.9 Å². The van der Waals surface area contributed by atoms with Crippen molar-refractivity contribution in [3.05, 3.63) is 18.5 Å². The Morgan fingerprint density at radius 2 is 1.93 bits per heavy atom. The first kappa shape index (κ1) is 10.8. The second-order valence-corrected chi connectivity index (χ2v) is 4.27. The first-order chi connectivity index (χ1) is 6.27. The second kappa shape index (κ2) is 3.12. The molecule has 0 saturated carbocycles. The summed E-state index contributed by atoms with van der Waals surface area (Å²) >= 11 is 0. The van der Waals surface area contributed by atoms with Gasteiger partial charge in [-0.05, 0) is 6.07 Å². The molecule has 0 amide bonds. The normalized spacial score (nSPS) is 12.8. The molecular weight excluding hydrogens is 221 g/mol. The Balaban J connectivity index is 3.40. The van der Waals surface area contributed by atoms with E-state index in [0.717, 1.165) is 12.3 Å². The van der Waals surface area contributed by atoms with Gasteiger partial charge < -0.3 is 5.73 Å². The Hall–Kier alpha value is -1.31. The van der Waals surface area contributed by atoms with Gasteiger partial charge in [-0.2, -0.15) is 13.2 Å². The van der Waals surface area contributed by atoms with Gasteiger partial charge in [-0.1, -0.05) is 0 Å². The molecule has 0 bridgehead atoms. The number of nitrogen functional groups attached to an aromatic ring is 1. The van der Waals surface area contributed by atoms with Crippen LogP contribution in [0.25, 0.3) is 0 Å². The van der Waals surface area contributed by atoms with Crippen LogP contribution in [0, 0.1) is 0 Å². The van der Waals surface area contributed by atoms with Gasteiger partial charge in [0.1, 0.15) is 4.90 Å². The Bertz CT molecular complexity index is 441. The first-order valence-electron chi connectivity index (χ1n) is 3.27. The van der Waals surface area contributed by atoms with E-state index in [1.165, 1.54) is 0 Å². The molecule has 1 rings (SSSR count). The maximum Gasteiger partial charge on any atom is 0.502 e. The van der Waals surface area contributed by atoms with Gasteiger partial charge in [0.25, 0.3) is 9.84 Å². The van der Waals surface area contributed by atoms with Gasteiger partial charge in [-0.3, -0.25) is 4.98 Å². The third-order valence-electron chi connectivity index (χ3n) is 1.41. The summed E-state index contributed by atoms with van der Waals surface area (Å²) in [7, 11) is -5.39. The number of aromatic nitrogens is 1. The number of halogens is 3. The Kier molecular flexibility index (Phi) is 2.40. The maximum atomic E-state index is 12.0. The molecule has 8 heteroatoms. The van der Waals surface area contributed by atoms with Gasteiger partial charge in [-0.25, -0.2) is 8.42 Å². The molecular formula is C6H5F3N2O2S. The van der Waals surface area contributed by atoms with Crippen LogP contribution in [-0.2, 0) is 9.84 Å². The first-order valence-corrected chi connectivity index (χ1v) is 4.76. The van der Waals surface area contributed by atoms with Gasteiger partial charge in [-0.15, -0.1) is 0 Å². The molecule has 1 heterocycles. The molecule has 1 aromatic heterocycles. The summed E-state index contributed by atoms with van der Waals surface area (Å²) in [5.74, 6) is 0. The van der Waals surface area contributed by atoms with E-state index in [-0.39, 0.29) is 0 Å². The van der Waals surface area contributed by atoms with E-state index in [0.29, 0.717) is 6.20 Å². The average molecular weight is 226 g/mol. The number of sulfone groups is 1. The van der Waals surface area contributed by atoms with Crippen LogP contribution in [0.2, 0.25) is 0 Å². The van der Waals surface area contributed by atoms with E-state index in [4.69, 9.17) is 5.73 Å². The number of pyridine rings is 1. The highest BCUT2D eigenvalue weighted by molar-refractivity contribution is 7.92. The molecule has 0 radical (unpaired) electrons. The molecule has 2 N–H and O–H groups in total. The fourth-order valence-electron chi connectivity index (χ4n) is 0.740. The number of alkyl halides is 3. The van der Waals surface area contributed by atoms with Gasteiger partial charge in [0, 0.05) is 12.4 Å². The van der Waals surface area contributed by atoms with Gasteiger partial charge in [0.2, 0.25) is 0 Å². The number of nitrogens with two attached hydrogens (primary N) is 1. The highest BCUT2D eigenvalue weighted by Crippen LogP contribution is 2.32. The molecule has 14 heavy (non-hydrogen) atoms. The largest absolute Gasteiger partial charge is 0.502 e. The zero-order valence-corrected chi connectivity index (χ0v) is 7.43. The van der Waals surface area contributed by atoms with Crippen LogP contribution >= 0.6 is 0 Å². The predicted octanol–water partition coefficient (Wildman–Crippen LogP) is 0.957. The lowest BCUT2D eigenvalue weighted by Crippen LogP contribution is -2.24. The van der Waals surface area contributed by atoms with Crippen LogP contribution in [0.15, 0.2) is 23.4 Å². The molecule has 0 aliphatic carbocycles. The molecule has 0 fully saturated rings. The minimum atomic E-state index is -5.39. The molecule has 0 aliphatic heterocycles. The van der Waals surface area contributed by atoms with Gasteiger partial charge in [0.15, 0.2) is 0 Å². The zero-order valence-electron chi connectivity index (χ0n) is 6.62. The fourth-order valence-corrected chi connectivity index (χ4v) is 1.57. The number of hydrogen-bond acceptors (Lipinski definition) is 4. The van der Waals surface area contributed by atoms with Crippen molar-refractivity contribution < 1.29 is 21.6 Å². The number of nitrogens with zero attached hydrogens (tertiary/aromatic N) is 1. The lowest BCUT2D eigenvalue weighted by molar-refractivity contribution is -0.0435. The minimum absolute atomic E-state index is 0.475. The summed E-state index contributed by atoms with van der Waals surface area (Å²) in [5, 5.41) is 0. The van der Waals surface area contributed by atoms with Crippen molar-refractivity contribution in [3.63, 3.8) is 0 Å². The molecule has 0 atom stereocenters. The summed E-state index contributed by atoms with van der Waals surface area (Å²) in [4.78, 5) is 2.25. The second-order valence-electron chi connectivity index (χ2n) is 2.36. The van der Waals surface area contributed by atoms with Crippen molar-refractivity contribution >= 4 is 15.5 Å². The Morgan fingerprint density at radius 1 is 1.36 bits per heavy atom. The van der Waals surface area contributed by atoms with E-state index in [1.807, 2.05) is 0 Å². The quantitative estimate of drug-likeness (QED) is 0.773. The molecule has 0 unspecified atom stereocenters. The summed E-state index contributed by atoms with van der Waals surface area (Å²) < 4.78 is 57.7. The lowest BCUT2D eigenvalue weighted by Gasteiger charge is -2.08. The van der Waals surface area contributed by atoms with Crippen LogP contribution in [0.1, 0.15) is 0 Å². The van der Waals surface area contributed by atoms with Crippen molar-refractivity contribution in [2.45, 2.75) is 10.4 Å². The highest BCUT2D eigenvalue weighted by Gasteiger charge is 2.47. The summed E-state index contributed by atoms with van der Waals surface area (Å²) in [6.45, 7) is 0. The number of hydrogen-bond donors (Lipinski definition) is 1. The van der Waals surface area contributed by atoms with Crippen LogP contribution in [0.3, 0.4) is 0 Å². The van der Waals surface area contributed by atoms with Crippen LogP contribution in [-0.4, -0.2) is 18.9 Å². The van der Waals surface area contributed by atoms with E-state index < -0.39 is 25.9 Å². The standard InChI is InChI=1S/C6H5F3N2O2S/c7-6(8,9)14(12,13)5-3-11-2-1-4(5)10/h1-3H,(H2,10,11). The molecule has 78 valence electrons. The molecule has 0 aliphatic rings. The summed E-state index contributed by atoms with van der Waals surface area (Å²) in [6.07, 6.45) is 1.67. The van der Waals surface area contributed by atoms with Crippen molar-refractivity contribution in [2.75, 3.05) is 5.73 Å². The van der Waals surface area contributed by atoms with E-state index >= 15 is 0 Å². The van der Waals surface area contributed by atoms with Crippen molar-refractivity contribution in [2.24, 2.45) is 0 Å². The Morgan fingerprint density at radius 3 is 2.36 bits per heavy atom. The zero-order chi connectivity index (χ0) is 11.0. The fraction of sp³-hybridized carbons (Fsp3) is 0.167. The molecule has 0 aromatic carbocycles. The SMILES string of the molecule is Nc1ccncc1S(=O)(=O)C(F)(F)F. The molecule has 4 nitrogen and oxygen atoms in total. The molecule has 1 aromatic rings. The van der Waals surface area contributed by atoms with E-state index in [9.17, 15) is 21.6 Å². The summed E-state index contributed by atoms with van der Waals surface area (Å²) in [6, 6.07) is 0.985. The highest BCUT2D eigenvalue weighted by atomic mass is 32.2. The van der Waals surface area contributed by atoms with E-state index in [2.05, 4.69) is 4.98 Å². The average Bonchev–Trinajstić information content (AvgIpc) is 2.02. The lowest BCUT2D eigenvalue weighted by atomic mass is 10.4. The number of rotatable bonds is 1. The van der Waals surface area contributed by atoms with Crippen molar-refractivity contribution in [1.82, 2.24) is 4.98 Å². The minimum Gasteiger partial charge on any atom is -0.398 e. The van der Waals surface area contributed by atoms with Crippen molar-refractivity contribution in [3.8, 4) is 0 Å². The van der Waals surface area contributed by atoms with Crippen molar-refractivity contribution in [1.29, 1.82) is 0 Å². The van der Waals surface area contributed by atoms with Gasteiger partial charge >= 0.3 is 5.51 Å². The third kappa shape index (κ3) is 1.65. The maximum absolute atomic E-state index is 12.0. The Labute approximate surface area is 77.5 Å². The monoisotopic (exact) mass is 226 g/mol. The summed E-state index contributed by atoms with van der Waals surface area (Å²) in [5.41, 5.74) is -0.747. The van der Waals surface area contributed by atoms with Gasteiger partial charge in [0.05, 0.1) is 5.69 Å². The molecule has 0 saturated heterocycles. The van der Waals surface area contributed by atoms with E-state index in [1.54, 1.807) is 0 Å². The molecule has 0 spiro atoms. The smallest absolute Gasteiger partial charge is 0.398 e. The topological polar surface area (TPSA) is 73.0 Å². The predicted molar refractivity (Wildman–Crippen MR) is 41.9 cm³/mol. The third-order valence-corrected chi connectivity index (χ3v) is 2.94. The van der Waals surface area contributed by atoms with Crippen LogP contribution in [0.5, 0.6) is 0 Å². The van der Waals surface area contributed by atoms with Crippen LogP contribution < -0.4 is 5.73 Å².